The van der Waals surface area contributed by atoms with Gasteiger partial charge in [-0.15, -0.1) is 0 Å². The van der Waals surface area contributed by atoms with Crippen LogP contribution in [0.1, 0.15) is 58.2 Å². The molecule has 3 rings (SSSR count). The van der Waals surface area contributed by atoms with E-state index < -0.39 is 10.0 Å². The number of aromatic hydroxyl groups is 1. The molecule has 182 valence electrons. The van der Waals surface area contributed by atoms with Crippen molar-refractivity contribution in [3.05, 3.63) is 59.7 Å². The summed E-state index contributed by atoms with van der Waals surface area (Å²) in [7, 11) is -3.50. The smallest absolute Gasteiger partial charge is 0.243 e. The molecule has 7 heteroatoms. The molecule has 0 radical (unpaired) electrons. The lowest BCUT2D eigenvalue weighted by atomic mass is 9.93. The molecule has 1 aliphatic rings. The molecule has 2 aromatic carbocycles. The zero-order valence-corrected chi connectivity index (χ0v) is 21.4. The van der Waals surface area contributed by atoms with Crippen molar-refractivity contribution in [3.63, 3.8) is 0 Å². The van der Waals surface area contributed by atoms with Gasteiger partial charge >= 0.3 is 0 Å². The van der Waals surface area contributed by atoms with E-state index >= 15 is 0 Å². The molecule has 0 aromatic heterocycles. The minimum absolute atomic E-state index is 0.0662. The molecular weight excluding hydrogens is 434 g/mol. The second kappa shape index (κ2) is 11.0. The zero-order chi connectivity index (χ0) is 24.2. The van der Waals surface area contributed by atoms with Crippen LogP contribution in [0.3, 0.4) is 0 Å². The van der Waals surface area contributed by atoms with Gasteiger partial charge in [-0.2, -0.15) is 4.31 Å². The molecular formula is C26H39N3O3S. The number of piperazine rings is 1. The normalized spacial score (nSPS) is 21.4. The number of sulfonamides is 1. The van der Waals surface area contributed by atoms with E-state index in [-0.39, 0.29) is 11.8 Å². The number of benzene rings is 2. The van der Waals surface area contributed by atoms with Gasteiger partial charge in [0.2, 0.25) is 10.0 Å². The molecule has 0 bridgehead atoms. The minimum atomic E-state index is -3.50. The average molecular weight is 474 g/mol. The van der Waals surface area contributed by atoms with Crippen LogP contribution in [0.5, 0.6) is 5.75 Å². The van der Waals surface area contributed by atoms with E-state index in [0.29, 0.717) is 30.1 Å². The van der Waals surface area contributed by atoms with Crippen molar-refractivity contribution in [2.75, 3.05) is 32.7 Å². The monoisotopic (exact) mass is 473 g/mol. The van der Waals surface area contributed by atoms with Gasteiger partial charge in [-0.3, -0.25) is 9.80 Å². The third kappa shape index (κ3) is 5.60. The van der Waals surface area contributed by atoms with Crippen LogP contribution >= 0.6 is 0 Å². The van der Waals surface area contributed by atoms with Gasteiger partial charge in [0.1, 0.15) is 5.75 Å². The van der Waals surface area contributed by atoms with E-state index in [9.17, 15) is 13.5 Å². The van der Waals surface area contributed by atoms with E-state index in [1.54, 1.807) is 18.2 Å². The SMILES string of the molecule is CCCN1C[C@H](C)N([C@H](c2ccc(S(=O)(=O)N(CC)CC)cc2)c2cccc(O)c2)C[C@H]1C. The van der Waals surface area contributed by atoms with Gasteiger partial charge in [-0.25, -0.2) is 8.42 Å². The van der Waals surface area contributed by atoms with E-state index in [0.717, 1.165) is 37.2 Å². The molecule has 0 aliphatic carbocycles. The Morgan fingerprint density at radius 3 is 2.21 bits per heavy atom. The Hall–Kier alpha value is -1.93. The Morgan fingerprint density at radius 2 is 1.64 bits per heavy atom. The Balaban J connectivity index is 1.99. The molecule has 1 aliphatic heterocycles. The summed E-state index contributed by atoms with van der Waals surface area (Å²) in [6.07, 6.45) is 1.13. The Kier molecular flexibility index (Phi) is 8.56. The molecule has 0 spiro atoms. The highest BCUT2D eigenvalue weighted by atomic mass is 32.2. The molecule has 1 heterocycles. The maximum Gasteiger partial charge on any atom is 0.243 e. The van der Waals surface area contributed by atoms with Gasteiger partial charge in [-0.1, -0.05) is 45.0 Å². The molecule has 0 amide bonds. The first-order valence-electron chi connectivity index (χ1n) is 12.1. The lowest BCUT2D eigenvalue weighted by Crippen LogP contribution is -2.57. The van der Waals surface area contributed by atoms with Crippen LogP contribution in [-0.4, -0.2) is 72.4 Å². The standard InChI is InChI=1S/C26H39N3O3S/c1-6-16-27-18-21(5)29(19-20(27)4)26(23-10-9-11-24(30)17-23)22-12-14-25(15-13-22)33(31,32)28(7-2)8-3/h9-15,17,20-21,26,30H,6-8,16,18-19H2,1-5H3/t20-,21+,26-/m1/s1. The first-order valence-corrected chi connectivity index (χ1v) is 13.6. The van der Waals surface area contributed by atoms with Crippen LogP contribution < -0.4 is 0 Å². The largest absolute Gasteiger partial charge is 0.508 e. The minimum Gasteiger partial charge on any atom is -0.508 e. The maximum absolute atomic E-state index is 13.0. The number of hydrogen-bond acceptors (Lipinski definition) is 5. The molecule has 6 nitrogen and oxygen atoms in total. The van der Waals surface area contributed by atoms with Crippen molar-refractivity contribution >= 4 is 10.0 Å². The Labute approximate surface area is 199 Å². The summed E-state index contributed by atoms with van der Waals surface area (Å²) >= 11 is 0. The molecule has 1 N–H and O–H groups in total. The van der Waals surface area contributed by atoms with Gasteiger partial charge in [0.05, 0.1) is 10.9 Å². The third-order valence-corrected chi connectivity index (χ3v) is 8.79. The van der Waals surface area contributed by atoms with Crippen molar-refractivity contribution in [2.24, 2.45) is 0 Å². The fourth-order valence-electron chi connectivity index (χ4n) is 4.99. The molecule has 2 aromatic rings. The lowest BCUT2D eigenvalue weighted by Gasteiger charge is -2.47. The quantitative estimate of drug-likeness (QED) is 0.588. The predicted molar refractivity (Wildman–Crippen MR) is 134 cm³/mol. The van der Waals surface area contributed by atoms with Crippen LogP contribution in [-0.2, 0) is 10.0 Å². The highest BCUT2D eigenvalue weighted by Crippen LogP contribution is 2.35. The second-order valence-electron chi connectivity index (χ2n) is 9.05. The van der Waals surface area contributed by atoms with E-state index in [4.69, 9.17) is 0 Å². The van der Waals surface area contributed by atoms with Gasteiger partial charge < -0.3 is 5.11 Å². The predicted octanol–water partition coefficient (Wildman–Crippen LogP) is 4.32. The summed E-state index contributed by atoms with van der Waals surface area (Å²) in [6.45, 7) is 14.3. The topological polar surface area (TPSA) is 64.1 Å². The van der Waals surface area contributed by atoms with Gasteiger partial charge in [0.15, 0.2) is 0 Å². The number of hydrogen-bond donors (Lipinski definition) is 1. The van der Waals surface area contributed by atoms with E-state index in [1.165, 1.54) is 4.31 Å². The Bertz CT molecular complexity index is 1010. The molecule has 33 heavy (non-hydrogen) atoms. The maximum atomic E-state index is 13.0. The summed E-state index contributed by atoms with van der Waals surface area (Å²) in [4.78, 5) is 5.35. The van der Waals surface area contributed by atoms with Crippen LogP contribution in [0.25, 0.3) is 0 Å². The summed E-state index contributed by atoms with van der Waals surface area (Å²) < 4.78 is 27.4. The van der Waals surface area contributed by atoms with Crippen LogP contribution in [0.2, 0.25) is 0 Å². The molecule has 3 atom stereocenters. The Morgan fingerprint density at radius 1 is 0.970 bits per heavy atom. The second-order valence-corrected chi connectivity index (χ2v) is 11.0. The van der Waals surface area contributed by atoms with E-state index in [1.807, 2.05) is 44.2 Å². The van der Waals surface area contributed by atoms with Crippen LogP contribution in [0.4, 0.5) is 0 Å². The fourth-order valence-corrected chi connectivity index (χ4v) is 6.45. The molecule has 0 saturated carbocycles. The number of rotatable bonds is 9. The first kappa shape index (κ1) is 25.7. The van der Waals surface area contributed by atoms with Crippen molar-refractivity contribution in [1.82, 2.24) is 14.1 Å². The van der Waals surface area contributed by atoms with Crippen LogP contribution in [0, 0.1) is 0 Å². The van der Waals surface area contributed by atoms with Gasteiger partial charge in [0.25, 0.3) is 0 Å². The average Bonchev–Trinajstić information content (AvgIpc) is 2.78. The highest BCUT2D eigenvalue weighted by molar-refractivity contribution is 7.89. The van der Waals surface area contributed by atoms with Gasteiger partial charge in [0, 0.05) is 38.3 Å². The third-order valence-electron chi connectivity index (χ3n) is 6.73. The van der Waals surface area contributed by atoms with Crippen molar-refractivity contribution in [3.8, 4) is 5.75 Å². The zero-order valence-electron chi connectivity index (χ0n) is 20.6. The summed E-state index contributed by atoms with van der Waals surface area (Å²) in [5.74, 6) is 0.239. The van der Waals surface area contributed by atoms with Crippen LogP contribution in [0.15, 0.2) is 53.4 Å². The summed E-state index contributed by atoms with van der Waals surface area (Å²) in [5.41, 5.74) is 2.04. The number of phenolic OH excluding ortho intramolecular Hbond substituents is 1. The molecule has 1 saturated heterocycles. The lowest BCUT2D eigenvalue weighted by molar-refractivity contribution is 0.0241. The van der Waals surface area contributed by atoms with Gasteiger partial charge in [-0.05, 0) is 62.2 Å². The molecule has 0 unspecified atom stereocenters. The first-order chi connectivity index (χ1) is 15.7. The number of phenols is 1. The summed E-state index contributed by atoms with van der Waals surface area (Å²) in [6, 6.07) is 15.4. The highest BCUT2D eigenvalue weighted by Gasteiger charge is 2.34. The number of nitrogens with zero attached hydrogens (tertiary/aromatic N) is 3. The van der Waals surface area contributed by atoms with Crippen molar-refractivity contribution < 1.29 is 13.5 Å². The van der Waals surface area contributed by atoms with Crippen molar-refractivity contribution in [2.45, 2.75) is 64.1 Å². The fraction of sp³-hybridized carbons (Fsp3) is 0.538. The molecule has 1 fully saturated rings. The van der Waals surface area contributed by atoms with Crippen molar-refractivity contribution in [1.29, 1.82) is 0 Å². The van der Waals surface area contributed by atoms with E-state index in [2.05, 4.69) is 30.6 Å². The summed E-state index contributed by atoms with van der Waals surface area (Å²) in [5, 5.41) is 10.2.